The maximum absolute atomic E-state index is 10.1. The van der Waals surface area contributed by atoms with E-state index >= 15 is 0 Å². The molecular weight excluding hydrogens is 272 g/mol. The zero-order valence-corrected chi connectivity index (χ0v) is 11.8. The molecule has 0 aliphatic carbocycles. The second-order valence-corrected chi connectivity index (χ2v) is 4.97. The van der Waals surface area contributed by atoms with Crippen LogP contribution in [-0.4, -0.2) is 19.3 Å². The van der Waals surface area contributed by atoms with Gasteiger partial charge >= 0.3 is 0 Å². The van der Waals surface area contributed by atoms with Gasteiger partial charge in [-0.1, -0.05) is 0 Å². The van der Waals surface area contributed by atoms with Crippen LogP contribution in [0.25, 0.3) is 0 Å². The normalized spacial score (nSPS) is 11.4. The third-order valence-electron chi connectivity index (χ3n) is 2.43. The van der Waals surface area contributed by atoms with E-state index in [-0.39, 0.29) is 0 Å². The molecule has 0 atom stereocenters. The van der Waals surface area contributed by atoms with Gasteiger partial charge in [-0.15, -0.1) is 0 Å². The van der Waals surface area contributed by atoms with Crippen molar-refractivity contribution in [1.82, 2.24) is 0 Å². The van der Waals surface area contributed by atoms with Crippen molar-refractivity contribution < 1.29 is 14.6 Å². The highest BCUT2D eigenvalue weighted by Crippen LogP contribution is 2.43. The molecule has 90 valence electrons. The molecule has 0 fully saturated rings. The second kappa shape index (κ2) is 4.63. The number of aliphatic hydroxyl groups is 1. The molecular formula is C12H17BrO3. The van der Waals surface area contributed by atoms with Crippen LogP contribution < -0.4 is 9.47 Å². The molecule has 0 heterocycles. The fraction of sp³-hybridized carbons (Fsp3) is 0.500. The van der Waals surface area contributed by atoms with Gasteiger partial charge in [-0.3, -0.25) is 0 Å². The molecule has 16 heavy (non-hydrogen) atoms. The van der Waals surface area contributed by atoms with E-state index in [0.717, 1.165) is 21.3 Å². The highest BCUT2D eigenvalue weighted by Gasteiger charge is 2.25. The van der Waals surface area contributed by atoms with Gasteiger partial charge in [0.25, 0.3) is 0 Å². The first kappa shape index (κ1) is 13.3. The van der Waals surface area contributed by atoms with Gasteiger partial charge in [0.05, 0.1) is 19.8 Å². The number of halogens is 1. The quantitative estimate of drug-likeness (QED) is 0.929. The van der Waals surface area contributed by atoms with Gasteiger partial charge in [-0.2, -0.15) is 0 Å². The van der Waals surface area contributed by atoms with E-state index in [9.17, 15) is 5.11 Å². The number of hydrogen-bond donors (Lipinski definition) is 1. The summed E-state index contributed by atoms with van der Waals surface area (Å²) in [5.41, 5.74) is 0.734. The maximum atomic E-state index is 10.1. The Morgan fingerprint density at radius 3 is 2.06 bits per heavy atom. The van der Waals surface area contributed by atoms with Crippen LogP contribution >= 0.6 is 15.9 Å². The van der Waals surface area contributed by atoms with E-state index in [1.54, 1.807) is 28.1 Å². The Labute approximate surface area is 105 Å². The van der Waals surface area contributed by atoms with E-state index in [4.69, 9.17) is 9.47 Å². The Kier molecular flexibility index (Phi) is 3.86. The molecule has 0 saturated carbocycles. The van der Waals surface area contributed by atoms with Crippen LogP contribution in [0.5, 0.6) is 11.5 Å². The lowest BCUT2D eigenvalue weighted by molar-refractivity contribution is 0.0753. The average Bonchev–Trinajstić information content (AvgIpc) is 2.16. The fourth-order valence-electron chi connectivity index (χ4n) is 1.65. The topological polar surface area (TPSA) is 38.7 Å². The van der Waals surface area contributed by atoms with Crippen LogP contribution in [-0.2, 0) is 5.60 Å². The molecule has 3 nitrogen and oxygen atoms in total. The number of rotatable bonds is 3. The molecule has 1 rings (SSSR count). The van der Waals surface area contributed by atoms with Crippen LogP contribution in [0.1, 0.15) is 25.0 Å². The van der Waals surface area contributed by atoms with E-state index < -0.39 is 5.60 Å². The summed E-state index contributed by atoms with van der Waals surface area (Å²) < 4.78 is 11.3. The van der Waals surface area contributed by atoms with Crippen molar-refractivity contribution in [1.29, 1.82) is 0 Å². The molecule has 0 saturated heterocycles. The zero-order chi connectivity index (χ0) is 12.5. The van der Waals surface area contributed by atoms with Crippen molar-refractivity contribution in [3.8, 4) is 11.5 Å². The lowest BCUT2D eigenvalue weighted by atomic mass is 9.95. The first-order valence-corrected chi connectivity index (χ1v) is 5.76. The van der Waals surface area contributed by atoms with Crippen molar-refractivity contribution >= 4 is 15.9 Å². The minimum Gasteiger partial charge on any atom is -0.495 e. The number of hydrogen-bond acceptors (Lipinski definition) is 3. The Hall–Kier alpha value is -0.740. The van der Waals surface area contributed by atoms with Crippen LogP contribution in [0.3, 0.4) is 0 Å². The smallest absolute Gasteiger partial charge is 0.142 e. The highest BCUT2D eigenvalue weighted by atomic mass is 79.9. The van der Waals surface area contributed by atoms with Crippen molar-refractivity contribution in [2.75, 3.05) is 14.2 Å². The monoisotopic (exact) mass is 288 g/mol. The molecule has 0 unspecified atom stereocenters. The van der Waals surface area contributed by atoms with Gasteiger partial charge in [0.1, 0.15) is 16.0 Å². The number of benzene rings is 1. The molecule has 0 aromatic heterocycles. The highest BCUT2D eigenvalue weighted by molar-refractivity contribution is 9.10. The molecule has 4 heteroatoms. The van der Waals surface area contributed by atoms with Gasteiger partial charge in [-0.25, -0.2) is 0 Å². The third-order valence-corrected chi connectivity index (χ3v) is 3.15. The molecule has 1 aromatic carbocycles. The zero-order valence-electron chi connectivity index (χ0n) is 10.2. The molecule has 0 aliphatic rings. The van der Waals surface area contributed by atoms with Crippen LogP contribution in [0.4, 0.5) is 0 Å². The molecule has 0 aliphatic heterocycles. The fourth-order valence-corrected chi connectivity index (χ4v) is 2.50. The molecule has 0 bridgehead atoms. The minimum absolute atomic E-state index is 0.606. The van der Waals surface area contributed by atoms with Crippen molar-refractivity contribution in [3.05, 3.63) is 21.7 Å². The van der Waals surface area contributed by atoms with Crippen LogP contribution in [0.2, 0.25) is 0 Å². The predicted octanol–water partition coefficient (Wildman–Crippen LogP) is 3.00. The van der Waals surface area contributed by atoms with Crippen molar-refractivity contribution in [2.45, 2.75) is 26.4 Å². The Morgan fingerprint density at radius 1 is 1.19 bits per heavy atom. The van der Waals surface area contributed by atoms with Crippen molar-refractivity contribution in [3.63, 3.8) is 0 Å². The first-order valence-electron chi connectivity index (χ1n) is 4.96. The summed E-state index contributed by atoms with van der Waals surface area (Å²) in [6, 6.07) is 1.88. The summed E-state index contributed by atoms with van der Waals surface area (Å²) in [6.07, 6.45) is 0. The SMILES string of the molecule is COc1c(C)cc(C(C)(C)O)c(OC)c1Br. The second-order valence-electron chi connectivity index (χ2n) is 4.18. The molecule has 0 radical (unpaired) electrons. The molecule has 0 amide bonds. The lowest BCUT2D eigenvalue weighted by Crippen LogP contribution is -2.17. The molecule has 0 spiro atoms. The van der Waals surface area contributed by atoms with Crippen molar-refractivity contribution in [2.24, 2.45) is 0 Å². The van der Waals surface area contributed by atoms with Gasteiger partial charge in [0.15, 0.2) is 0 Å². The summed E-state index contributed by atoms with van der Waals surface area (Å²) >= 11 is 3.43. The maximum Gasteiger partial charge on any atom is 0.142 e. The largest absolute Gasteiger partial charge is 0.495 e. The summed E-state index contributed by atoms with van der Waals surface area (Å²) in [7, 11) is 3.18. The Morgan fingerprint density at radius 2 is 1.69 bits per heavy atom. The number of methoxy groups -OCH3 is 2. The lowest BCUT2D eigenvalue weighted by Gasteiger charge is -2.23. The standard InChI is InChI=1S/C12H17BrO3/c1-7-6-8(12(2,3)14)11(16-5)9(13)10(7)15-4/h6,14H,1-5H3. The van der Waals surface area contributed by atoms with Gasteiger partial charge in [-0.05, 0) is 48.3 Å². The summed E-state index contributed by atoms with van der Waals surface area (Å²) in [5.74, 6) is 1.33. The Bertz CT molecular complexity index is 394. The van der Waals surface area contributed by atoms with Gasteiger partial charge in [0, 0.05) is 5.56 Å². The predicted molar refractivity (Wildman–Crippen MR) is 67.2 cm³/mol. The molecule has 1 N–H and O–H groups in total. The first-order chi connectivity index (χ1) is 7.32. The van der Waals surface area contributed by atoms with Crippen LogP contribution in [0, 0.1) is 6.92 Å². The number of ether oxygens (including phenoxy) is 2. The Balaban J connectivity index is 3.53. The van der Waals surface area contributed by atoms with E-state index in [2.05, 4.69) is 15.9 Å². The molecule has 1 aromatic rings. The van der Waals surface area contributed by atoms with Gasteiger partial charge in [0.2, 0.25) is 0 Å². The van der Waals surface area contributed by atoms with Crippen LogP contribution in [0.15, 0.2) is 10.5 Å². The summed E-state index contributed by atoms with van der Waals surface area (Å²) in [5, 5.41) is 10.1. The minimum atomic E-state index is -0.953. The van der Waals surface area contributed by atoms with E-state index in [0.29, 0.717) is 5.75 Å². The van der Waals surface area contributed by atoms with E-state index in [1.807, 2.05) is 13.0 Å². The third kappa shape index (κ3) is 2.33. The van der Waals surface area contributed by atoms with Gasteiger partial charge < -0.3 is 14.6 Å². The van der Waals surface area contributed by atoms with E-state index in [1.165, 1.54) is 0 Å². The summed E-state index contributed by atoms with van der Waals surface area (Å²) in [6.45, 7) is 5.38. The average molecular weight is 289 g/mol. The number of aryl methyl sites for hydroxylation is 1. The summed E-state index contributed by atoms with van der Waals surface area (Å²) in [4.78, 5) is 0.